The predicted molar refractivity (Wildman–Crippen MR) is 119 cm³/mol. The average molecular weight is 476 g/mol. The summed E-state index contributed by atoms with van der Waals surface area (Å²) in [6, 6.07) is 6.94. The second-order valence-electron chi connectivity index (χ2n) is 9.48. The number of aliphatic carboxylic acids is 1. The Labute approximate surface area is 196 Å². The van der Waals surface area contributed by atoms with Crippen LogP contribution in [0.1, 0.15) is 71.3 Å². The molecule has 1 aromatic heterocycles. The number of aromatic nitrogens is 1. The SMILES string of the molecule is O=C(O)CC1(CNC(=O)c2cnc3c(c2)CN(Cc2ccc(C(F)(F)F)cc2)C3)CCCCC1. The Balaban J connectivity index is 1.36. The Bertz CT molecular complexity index is 1050. The van der Waals surface area contributed by atoms with Crippen molar-refractivity contribution in [3.8, 4) is 0 Å². The summed E-state index contributed by atoms with van der Waals surface area (Å²) in [5.41, 5.74) is 1.89. The van der Waals surface area contributed by atoms with E-state index in [1.54, 1.807) is 6.07 Å². The highest BCUT2D eigenvalue weighted by molar-refractivity contribution is 5.94. The minimum Gasteiger partial charge on any atom is -0.481 e. The van der Waals surface area contributed by atoms with Crippen molar-refractivity contribution in [1.29, 1.82) is 0 Å². The molecule has 0 saturated heterocycles. The van der Waals surface area contributed by atoms with E-state index in [0.29, 0.717) is 31.7 Å². The smallest absolute Gasteiger partial charge is 0.416 e. The van der Waals surface area contributed by atoms with Gasteiger partial charge in [-0.2, -0.15) is 13.2 Å². The molecule has 2 aliphatic rings. The summed E-state index contributed by atoms with van der Waals surface area (Å²) in [5, 5.41) is 12.2. The largest absolute Gasteiger partial charge is 0.481 e. The molecular formula is C25H28F3N3O3. The molecule has 0 radical (unpaired) electrons. The van der Waals surface area contributed by atoms with Crippen molar-refractivity contribution in [2.24, 2.45) is 5.41 Å². The van der Waals surface area contributed by atoms with Crippen LogP contribution in [-0.2, 0) is 30.6 Å². The second kappa shape index (κ2) is 9.74. The molecule has 4 rings (SSSR count). The summed E-state index contributed by atoms with van der Waals surface area (Å²) >= 11 is 0. The Morgan fingerprint density at radius 2 is 1.79 bits per heavy atom. The molecule has 0 spiro atoms. The van der Waals surface area contributed by atoms with Crippen LogP contribution in [0.4, 0.5) is 13.2 Å². The van der Waals surface area contributed by atoms with Crippen LogP contribution in [0.3, 0.4) is 0 Å². The molecule has 182 valence electrons. The number of carboxylic acid groups (broad SMARTS) is 1. The lowest BCUT2D eigenvalue weighted by Crippen LogP contribution is -2.40. The number of amides is 1. The number of hydrogen-bond acceptors (Lipinski definition) is 4. The van der Waals surface area contributed by atoms with E-state index in [9.17, 15) is 27.9 Å². The van der Waals surface area contributed by atoms with E-state index in [1.807, 2.05) is 0 Å². The summed E-state index contributed by atoms with van der Waals surface area (Å²) in [6.45, 7) is 1.91. The number of nitrogens with zero attached hydrogens (tertiary/aromatic N) is 2. The van der Waals surface area contributed by atoms with Crippen LogP contribution < -0.4 is 5.32 Å². The zero-order valence-electron chi connectivity index (χ0n) is 18.8. The maximum Gasteiger partial charge on any atom is 0.416 e. The van der Waals surface area contributed by atoms with Crippen molar-refractivity contribution >= 4 is 11.9 Å². The number of pyridine rings is 1. The van der Waals surface area contributed by atoms with Gasteiger partial charge >= 0.3 is 12.1 Å². The first-order valence-corrected chi connectivity index (χ1v) is 11.5. The topological polar surface area (TPSA) is 82.5 Å². The standard InChI is InChI=1S/C25H28F3N3O3/c26-25(27,28)20-6-4-17(5-7-20)13-31-14-19-10-18(12-29-21(19)15-31)23(34)30-16-24(11-22(32)33)8-2-1-3-9-24/h4-7,10,12H,1-3,8-9,11,13-16H2,(H,30,34)(H,32,33). The van der Waals surface area contributed by atoms with Crippen molar-refractivity contribution in [2.75, 3.05) is 6.54 Å². The summed E-state index contributed by atoms with van der Waals surface area (Å²) in [4.78, 5) is 30.7. The van der Waals surface area contributed by atoms with Crippen LogP contribution >= 0.6 is 0 Å². The molecule has 1 amide bonds. The van der Waals surface area contributed by atoms with E-state index < -0.39 is 23.1 Å². The van der Waals surface area contributed by atoms with Gasteiger partial charge in [-0.1, -0.05) is 31.4 Å². The minimum atomic E-state index is -4.35. The summed E-state index contributed by atoms with van der Waals surface area (Å²) < 4.78 is 38.3. The summed E-state index contributed by atoms with van der Waals surface area (Å²) in [5.74, 6) is -1.12. The second-order valence-corrected chi connectivity index (χ2v) is 9.48. The van der Waals surface area contributed by atoms with Crippen molar-refractivity contribution in [3.05, 3.63) is 64.5 Å². The molecule has 0 atom stereocenters. The number of fused-ring (bicyclic) bond motifs is 1. The van der Waals surface area contributed by atoms with E-state index in [-0.39, 0.29) is 12.3 Å². The van der Waals surface area contributed by atoms with E-state index in [0.717, 1.165) is 61.1 Å². The van der Waals surface area contributed by atoms with E-state index in [4.69, 9.17) is 0 Å². The predicted octanol–water partition coefficient (Wildman–Crippen LogP) is 4.77. The third-order valence-electron chi connectivity index (χ3n) is 6.84. The number of rotatable bonds is 7. The van der Waals surface area contributed by atoms with Gasteiger partial charge < -0.3 is 10.4 Å². The lowest BCUT2D eigenvalue weighted by Gasteiger charge is -2.36. The highest BCUT2D eigenvalue weighted by atomic mass is 19.4. The summed E-state index contributed by atoms with van der Waals surface area (Å²) in [6.07, 6.45) is 1.84. The van der Waals surface area contributed by atoms with Crippen molar-refractivity contribution in [3.63, 3.8) is 0 Å². The Morgan fingerprint density at radius 3 is 2.44 bits per heavy atom. The van der Waals surface area contributed by atoms with Crippen LogP contribution in [0, 0.1) is 5.41 Å². The molecule has 34 heavy (non-hydrogen) atoms. The van der Waals surface area contributed by atoms with Gasteiger partial charge in [0.15, 0.2) is 0 Å². The molecule has 9 heteroatoms. The van der Waals surface area contributed by atoms with Crippen molar-refractivity contribution < 1.29 is 27.9 Å². The molecule has 2 aromatic rings. The number of carbonyl (C=O) groups is 2. The number of alkyl halides is 3. The molecular weight excluding hydrogens is 447 g/mol. The highest BCUT2D eigenvalue weighted by Crippen LogP contribution is 2.39. The third kappa shape index (κ3) is 5.75. The van der Waals surface area contributed by atoms with Gasteiger partial charge in [-0.05, 0) is 47.6 Å². The molecule has 1 fully saturated rings. The molecule has 1 aromatic carbocycles. The Hall–Kier alpha value is -2.94. The first kappa shape index (κ1) is 24.2. The van der Waals surface area contributed by atoms with Crippen LogP contribution in [0.2, 0.25) is 0 Å². The zero-order chi connectivity index (χ0) is 24.3. The normalized spacial score (nSPS) is 17.9. The number of carboxylic acids is 1. The molecule has 2 heterocycles. The lowest BCUT2D eigenvalue weighted by atomic mass is 9.71. The van der Waals surface area contributed by atoms with Gasteiger partial charge in [0.05, 0.1) is 23.2 Å². The van der Waals surface area contributed by atoms with Crippen LogP contribution in [-0.4, -0.2) is 33.4 Å². The first-order chi connectivity index (χ1) is 16.1. The lowest BCUT2D eigenvalue weighted by molar-refractivity contribution is -0.140. The summed E-state index contributed by atoms with van der Waals surface area (Å²) in [7, 11) is 0. The maximum atomic E-state index is 12.8. The molecule has 1 saturated carbocycles. The molecule has 2 N–H and O–H groups in total. The van der Waals surface area contributed by atoms with Crippen molar-refractivity contribution in [2.45, 2.75) is 64.3 Å². The van der Waals surface area contributed by atoms with E-state index >= 15 is 0 Å². The molecule has 6 nitrogen and oxygen atoms in total. The van der Waals surface area contributed by atoms with Gasteiger partial charge in [-0.25, -0.2) is 0 Å². The number of nitrogens with one attached hydrogen (secondary N) is 1. The van der Waals surface area contributed by atoms with E-state index in [2.05, 4.69) is 15.2 Å². The third-order valence-corrected chi connectivity index (χ3v) is 6.84. The van der Waals surface area contributed by atoms with Crippen LogP contribution in [0.25, 0.3) is 0 Å². The highest BCUT2D eigenvalue weighted by Gasteiger charge is 2.35. The van der Waals surface area contributed by atoms with Gasteiger partial charge in [-0.3, -0.25) is 19.5 Å². The minimum absolute atomic E-state index is 0.0502. The van der Waals surface area contributed by atoms with E-state index in [1.165, 1.54) is 18.3 Å². The Morgan fingerprint density at radius 1 is 1.09 bits per heavy atom. The molecule has 0 unspecified atom stereocenters. The first-order valence-electron chi connectivity index (χ1n) is 11.5. The molecule has 1 aliphatic heterocycles. The fourth-order valence-electron chi connectivity index (χ4n) is 5.03. The number of carbonyl (C=O) groups excluding carboxylic acids is 1. The Kier molecular flexibility index (Phi) is 6.93. The van der Waals surface area contributed by atoms with Gasteiger partial charge in [0.1, 0.15) is 0 Å². The maximum absolute atomic E-state index is 12.8. The molecule has 0 bridgehead atoms. The van der Waals surface area contributed by atoms with Gasteiger partial charge in [0, 0.05) is 32.4 Å². The molecule has 1 aliphatic carbocycles. The number of hydrogen-bond donors (Lipinski definition) is 2. The number of halogens is 3. The van der Waals surface area contributed by atoms with Gasteiger partial charge in [0.2, 0.25) is 0 Å². The van der Waals surface area contributed by atoms with Gasteiger partial charge in [0.25, 0.3) is 5.91 Å². The number of benzene rings is 1. The quantitative estimate of drug-likeness (QED) is 0.603. The van der Waals surface area contributed by atoms with Crippen LogP contribution in [0.15, 0.2) is 36.5 Å². The average Bonchev–Trinajstić information content (AvgIpc) is 3.19. The fraction of sp³-hybridized carbons (Fsp3) is 0.480. The van der Waals surface area contributed by atoms with Crippen LogP contribution in [0.5, 0.6) is 0 Å². The fourth-order valence-corrected chi connectivity index (χ4v) is 5.03. The van der Waals surface area contributed by atoms with Gasteiger partial charge in [-0.15, -0.1) is 0 Å². The monoisotopic (exact) mass is 475 g/mol. The van der Waals surface area contributed by atoms with Crippen molar-refractivity contribution in [1.82, 2.24) is 15.2 Å². The zero-order valence-corrected chi connectivity index (χ0v) is 18.8.